The third kappa shape index (κ3) is 4.58. The minimum Gasteiger partial charge on any atom is -0.464 e. The Labute approximate surface area is 85.0 Å². The lowest BCUT2D eigenvalue weighted by Gasteiger charge is -2.10. The molecule has 1 aliphatic carbocycles. The highest BCUT2D eigenvalue weighted by Gasteiger charge is 2.36. The fraction of sp³-hybridized carbons (Fsp3) is 0.900. The summed E-state index contributed by atoms with van der Waals surface area (Å²) in [6.45, 7) is 5.82. The van der Waals surface area contributed by atoms with Crippen molar-refractivity contribution in [3.05, 3.63) is 0 Å². The predicted octanol–water partition coefficient (Wildman–Crippen LogP) is 0.708. The number of rotatable bonds is 7. The minimum absolute atomic E-state index is 0.0617. The zero-order valence-electron chi connectivity index (χ0n) is 8.97. The lowest BCUT2D eigenvalue weighted by molar-refractivity contribution is -0.148. The monoisotopic (exact) mass is 201 g/mol. The van der Waals surface area contributed by atoms with Gasteiger partial charge in [0.05, 0.1) is 13.2 Å². The zero-order valence-corrected chi connectivity index (χ0v) is 8.97. The summed E-state index contributed by atoms with van der Waals surface area (Å²) in [7, 11) is 0. The van der Waals surface area contributed by atoms with Crippen LogP contribution >= 0.6 is 0 Å². The van der Waals surface area contributed by atoms with Gasteiger partial charge in [0.25, 0.3) is 0 Å². The predicted molar refractivity (Wildman–Crippen MR) is 53.1 cm³/mol. The molecule has 1 N–H and O–H groups in total. The van der Waals surface area contributed by atoms with Crippen LogP contribution in [0.15, 0.2) is 0 Å². The fourth-order valence-corrected chi connectivity index (χ4v) is 1.15. The average Bonchev–Trinajstić information content (AvgIpc) is 2.84. The molecule has 1 aliphatic rings. The van der Waals surface area contributed by atoms with Gasteiger partial charge in [0.1, 0.15) is 6.61 Å². The molecule has 0 amide bonds. The van der Waals surface area contributed by atoms with Crippen molar-refractivity contribution in [2.24, 2.45) is 0 Å². The van der Waals surface area contributed by atoms with Gasteiger partial charge in [-0.3, -0.25) is 0 Å². The molecule has 4 heteroatoms. The number of hydrogen-bond acceptors (Lipinski definition) is 4. The molecule has 0 aromatic carbocycles. The quantitative estimate of drug-likeness (QED) is 0.487. The number of hydrogen-bond donors (Lipinski definition) is 1. The van der Waals surface area contributed by atoms with Crippen molar-refractivity contribution < 1.29 is 14.3 Å². The van der Waals surface area contributed by atoms with Crippen LogP contribution in [0.2, 0.25) is 0 Å². The van der Waals surface area contributed by atoms with Crippen molar-refractivity contribution in [1.29, 1.82) is 0 Å². The van der Waals surface area contributed by atoms with Crippen molar-refractivity contribution in [2.75, 3.05) is 26.4 Å². The maximum absolute atomic E-state index is 10.8. The Balaban J connectivity index is 1.86. The van der Waals surface area contributed by atoms with Crippen LogP contribution in [0.25, 0.3) is 0 Å². The highest BCUT2D eigenvalue weighted by Crippen LogP contribution is 2.33. The summed E-state index contributed by atoms with van der Waals surface area (Å²) in [5.41, 5.74) is 0.341. The van der Waals surface area contributed by atoms with Crippen LogP contribution in [-0.4, -0.2) is 37.9 Å². The number of carbonyl (C=O) groups excluding carboxylic acids is 1. The van der Waals surface area contributed by atoms with Crippen LogP contribution < -0.4 is 5.32 Å². The van der Waals surface area contributed by atoms with E-state index < -0.39 is 0 Å². The Morgan fingerprint density at radius 3 is 2.79 bits per heavy atom. The van der Waals surface area contributed by atoms with E-state index in [2.05, 4.69) is 12.2 Å². The summed E-state index contributed by atoms with van der Waals surface area (Å²) >= 11 is 0. The van der Waals surface area contributed by atoms with E-state index >= 15 is 0 Å². The maximum atomic E-state index is 10.8. The van der Waals surface area contributed by atoms with Gasteiger partial charge in [0.15, 0.2) is 0 Å². The molecule has 0 bridgehead atoms. The summed E-state index contributed by atoms with van der Waals surface area (Å²) in [6.07, 6.45) is 2.48. The molecule has 82 valence electrons. The molecule has 1 rings (SSSR count). The van der Waals surface area contributed by atoms with Crippen LogP contribution in [-0.2, 0) is 14.3 Å². The molecular formula is C10H19NO3. The normalized spacial score (nSPS) is 17.9. The minimum atomic E-state index is -0.287. The average molecular weight is 201 g/mol. The molecular weight excluding hydrogens is 182 g/mol. The molecule has 0 aromatic heterocycles. The molecule has 0 heterocycles. The first-order chi connectivity index (χ1) is 6.66. The highest BCUT2D eigenvalue weighted by atomic mass is 16.6. The SMILES string of the molecule is CCOC(=O)COCCNC1(C)CC1. The lowest BCUT2D eigenvalue weighted by Crippen LogP contribution is -2.31. The van der Waals surface area contributed by atoms with Gasteiger partial charge in [-0.1, -0.05) is 0 Å². The first kappa shape index (κ1) is 11.5. The Morgan fingerprint density at radius 2 is 2.21 bits per heavy atom. The van der Waals surface area contributed by atoms with E-state index in [1.54, 1.807) is 6.92 Å². The van der Waals surface area contributed by atoms with Crippen molar-refractivity contribution in [2.45, 2.75) is 32.2 Å². The second-order valence-electron chi connectivity index (χ2n) is 3.85. The largest absolute Gasteiger partial charge is 0.464 e. The summed E-state index contributed by atoms with van der Waals surface area (Å²) in [4.78, 5) is 10.8. The van der Waals surface area contributed by atoms with E-state index in [1.807, 2.05) is 0 Å². The Hall–Kier alpha value is -0.610. The standard InChI is InChI=1S/C10H19NO3/c1-3-14-9(12)8-13-7-6-11-10(2)4-5-10/h11H,3-8H2,1-2H3. The molecule has 0 unspecified atom stereocenters. The summed E-state index contributed by atoms with van der Waals surface area (Å²) in [5, 5.41) is 3.36. The lowest BCUT2D eigenvalue weighted by atomic mass is 10.3. The van der Waals surface area contributed by atoms with Gasteiger partial charge in [-0.25, -0.2) is 4.79 Å². The third-order valence-corrected chi connectivity index (χ3v) is 2.32. The van der Waals surface area contributed by atoms with Crippen LogP contribution in [0.1, 0.15) is 26.7 Å². The fourth-order valence-electron chi connectivity index (χ4n) is 1.15. The molecule has 1 fully saturated rings. The summed E-state index contributed by atoms with van der Waals surface area (Å²) < 4.78 is 9.85. The van der Waals surface area contributed by atoms with Gasteiger partial charge >= 0.3 is 5.97 Å². The maximum Gasteiger partial charge on any atom is 0.332 e. The molecule has 0 radical (unpaired) electrons. The molecule has 0 atom stereocenters. The number of esters is 1. The number of nitrogens with one attached hydrogen (secondary N) is 1. The summed E-state index contributed by atoms with van der Waals surface area (Å²) in [5.74, 6) is -0.287. The molecule has 4 nitrogen and oxygen atoms in total. The van der Waals surface area contributed by atoms with E-state index in [4.69, 9.17) is 9.47 Å². The highest BCUT2D eigenvalue weighted by molar-refractivity contribution is 5.70. The van der Waals surface area contributed by atoms with Crippen LogP contribution in [0.3, 0.4) is 0 Å². The first-order valence-corrected chi connectivity index (χ1v) is 5.15. The molecule has 0 aromatic rings. The topological polar surface area (TPSA) is 47.6 Å². The van der Waals surface area contributed by atoms with Gasteiger partial charge in [-0.15, -0.1) is 0 Å². The molecule has 0 aliphatic heterocycles. The van der Waals surface area contributed by atoms with Crippen molar-refractivity contribution in [3.63, 3.8) is 0 Å². The van der Waals surface area contributed by atoms with Crippen molar-refractivity contribution in [3.8, 4) is 0 Å². The molecule has 1 saturated carbocycles. The van der Waals surface area contributed by atoms with Gasteiger partial charge in [-0.05, 0) is 26.7 Å². The number of ether oxygens (including phenoxy) is 2. The van der Waals surface area contributed by atoms with Crippen molar-refractivity contribution in [1.82, 2.24) is 5.32 Å². The van der Waals surface area contributed by atoms with E-state index in [0.29, 0.717) is 18.8 Å². The van der Waals surface area contributed by atoms with Crippen LogP contribution in [0, 0.1) is 0 Å². The van der Waals surface area contributed by atoms with Crippen LogP contribution in [0.4, 0.5) is 0 Å². The second-order valence-corrected chi connectivity index (χ2v) is 3.85. The van der Waals surface area contributed by atoms with Crippen LogP contribution in [0.5, 0.6) is 0 Å². The van der Waals surface area contributed by atoms with Gasteiger partial charge in [-0.2, -0.15) is 0 Å². The Morgan fingerprint density at radius 1 is 1.50 bits per heavy atom. The zero-order chi connectivity index (χ0) is 10.4. The molecule has 0 saturated heterocycles. The number of carbonyl (C=O) groups is 1. The first-order valence-electron chi connectivity index (χ1n) is 5.15. The van der Waals surface area contributed by atoms with Gasteiger partial charge < -0.3 is 14.8 Å². The Kier molecular flexibility index (Phi) is 4.35. The van der Waals surface area contributed by atoms with Gasteiger partial charge in [0.2, 0.25) is 0 Å². The third-order valence-electron chi connectivity index (χ3n) is 2.32. The van der Waals surface area contributed by atoms with E-state index in [1.165, 1.54) is 12.8 Å². The van der Waals surface area contributed by atoms with E-state index in [0.717, 1.165) is 6.54 Å². The van der Waals surface area contributed by atoms with Gasteiger partial charge in [0, 0.05) is 12.1 Å². The summed E-state index contributed by atoms with van der Waals surface area (Å²) in [6, 6.07) is 0. The Bertz CT molecular complexity index is 190. The van der Waals surface area contributed by atoms with E-state index in [-0.39, 0.29) is 12.6 Å². The van der Waals surface area contributed by atoms with E-state index in [9.17, 15) is 4.79 Å². The molecule has 0 spiro atoms. The van der Waals surface area contributed by atoms with Crippen molar-refractivity contribution >= 4 is 5.97 Å². The second kappa shape index (κ2) is 5.32. The molecule has 14 heavy (non-hydrogen) atoms. The smallest absolute Gasteiger partial charge is 0.332 e.